The SMILES string of the molecule is Cc1cc(C)cc(C(C)NC(C)c2cccc(Br)c2)c1. The van der Waals surface area contributed by atoms with Crippen LogP contribution in [0.25, 0.3) is 0 Å². The maximum Gasteiger partial charge on any atom is 0.0297 e. The fourth-order valence-corrected chi connectivity index (χ4v) is 3.02. The van der Waals surface area contributed by atoms with E-state index >= 15 is 0 Å². The average molecular weight is 332 g/mol. The van der Waals surface area contributed by atoms with Gasteiger partial charge in [0.25, 0.3) is 0 Å². The first-order valence-corrected chi connectivity index (χ1v) is 7.84. The Labute approximate surface area is 130 Å². The molecule has 1 N–H and O–H groups in total. The molecule has 0 heterocycles. The Hall–Kier alpha value is -1.12. The van der Waals surface area contributed by atoms with Gasteiger partial charge in [0.2, 0.25) is 0 Å². The van der Waals surface area contributed by atoms with Gasteiger partial charge in [-0.25, -0.2) is 0 Å². The lowest BCUT2D eigenvalue weighted by Crippen LogP contribution is -2.22. The molecule has 0 fully saturated rings. The van der Waals surface area contributed by atoms with Crippen LogP contribution in [0.15, 0.2) is 46.9 Å². The Bertz CT molecular complexity index is 571. The van der Waals surface area contributed by atoms with E-state index in [0.717, 1.165) is 4.47 Å². The molecule has 1 nitrogen and oxygen atoms in total. The molecule has 0 spiro atoms. The van der Waals surface area contributed by atoms with Crippen LogP contribution in [0.3, 0.4) is 0 Å². The lowest BCUT2D eigenvalue weighted by molar-refractivity contribution is 0.494. The minimum Gasteiger partial charge on any atom is -0.304 e. The summed E-state index contributed by atoms with van der Waals surface area (Å²) in [5.41, 5.74) is 5.30. The Kier molecular flexibility index (Phi) is 5.00. The lowest BCUT2D eigenvalue weighted by atomic mass is 10.0. The van der Waals surface area contributed by atoms with Gasteiger partial charge in [0.1, 0.15) is 0 Å². The van der Waals surface area contributed by atoms with Crippen molar-refractivity contribution in [1.29, 1.82) is 0 Å². The molecule has 2 atom stereocenters. The zero-order chi connectivity index (χ0) is 14.7. The fraction of sp³-hybridized carbons (Fsp3) is 0.333. The number of aryl methyl sites for hydroxylation is 2. The highest BCUT2D eigenvalue weighted by Crippen LogP contribution is 2.23. The topological polar surface area (TPSA) is 12.0 Å². The monoisotopic (exact) mass is 331 g/mol. The number of halogens is 1. The molecule has 106 valence electrons. The summed E-state index contributed by atoms with van der Waals surface area (Å²) in [5.74, 6) is 0. The molecule has 0 saturated carbocycles. The molecule has 0 aliphatic carbocycles. The highest BCUT2D eigenvalue weighted by atomic mass is 79.9. The van der Waals surface area contributed by atoms with Gasteiger partial charge in [-0.3, -0.25) is 0 Å². The van der Waals surface area contributed by atoms with Crippen LogP contribution in [0.2, 0.25) is 0 Å². The Balaban J connectivity index is 2.12. The van der Waals surface area contributed by atoms with Gasteiger partial charge in [0.05, 0.1) is 0 Å². The van der Waals surface area contributed by atoms with E-state index in [0.29, 0.717) is 12.1 Å². The van der Waals surface area contributed by atoms with Crippen LogP contribution in [0, 0.1) is 13.8 Å². The quantitative estimate of drug-likeness (QED) is 0.782. The summed E-state index contributed by atoms with van der Waals surface area (Å²) < 4.78 is 1.13. The first kappa shape index (κ1) is 15.3. The van der Waals surface area contributed by atoms with E-state index in [1.165, 1.54) is 22.3 Å². The third-order valence-corrected chi connectivity index (χ3v) is 4.09. The highest BCUT2D eigenvalue weighted by Gasteiger charge is 2.12. The predicted molar refractivity (Wildman–Crippen MR) is 90.0 cm³/mol. The van der Waals surface area contributed by atoms with Gasteiger partial charge < -0.3 is 5.32 Å². The van der Waals surface area contributed by atoms with Crippen LogP contribution in [0.5, 0.6) is 0 Å². The van der Waals surface area contributed by atoms with Crippen molar-refractivity contribution in [1.82, 2.24) is 5.32 Å². The fourth-order valence-electron chi connectivity index (χ4n) is 2.60. The number of rotatable bonds is 4. The van der Waals surface area contributed by atoms with Crippen molar-refractivity contribution < 1.29 is 0 Å². The van der Waals surface area contributed by atoms with Crippen molar-refractivity contribution in [3.63, 3.8) is 0 Å². The minimum absolute atomic E-state index is 0.323. The highest BCUT2D eigenvalue weighted by molar-refractivity contribution is 9.10. The predicted octanol–water partition coefficient (Wildman–Crippen LogP) is 5.48. The summed E-state index contributed by atoms with van der Waals surface area (Å²) in [6.07, 6.45) is 0. The lowest BCUT2D eigenvalue weighted by Gasteiger charge is -2.21. The second kappa shape index (κ2) is 6.55. The maximum absolute atomic E-state index is 3.67. The van der Waals surface area contributed by atoms with Gasteiger partial charge in [0.15, 0.2) is 0 Å². The minimum atomic E-state index is 0.323. The summed E-state index contributed by atoms with van der Waals surface area (Å²) in [4.78, 5) is 0. The van der Waals surface area contributed by atoms with Crippen LogP contribution in [-0.4, -0.2) is 0 Å². The molecule has 2 heteroatoms. The van der Waals surface area contributed by atoms with Gasteiger partial charge in [-0.15, -0.1) is 0 Å². The van der Waals surface area contributed by atoms with E-state index in [4.69, 9.17) is 0 Å². The Morgan fingerprint density at radius 3 is 2.05 bits per heavy atom. The number of hydrogen-bond donors (Lipinski definition) is 1. The molecule has 0 aromatic heterocycles. The van der Waals surface area contributed by atoms with Gasteiger partial charge in [-0.2, -0.15) is 0 Å². The van der Waals surface area contributed by atoms with Crippen LogP contribution < -0.4 is 5.32 Å². The summed E-state index contributed by atoms with van der Waals surface area (Å²) in [6, 6.07) is 15.9. The molecule has 0 aliphatic heterocycles. The largest absolute Gasteiger partial charge is 0.304 e. The molecule has 0 bridgehead atoms. The standard InChI is InChI=1S/C18H22BrN/c1-12-8-13(2)10-17(9-12)15(4)20-14(3)16-6-5-7-18(19)11-16/h5-11,14-15,20H,1-4H3. The van der Waals surface area contributed by atoms with Crippen molar-refractivity contribution in [3.8, 4) is 0 Å². The van der Waals surface area contributed by atoms with Gasteiger partial charge in [0, 0.05) is 16.6 Å². The van der Waals surface area contributed by atoms with Crippen molar-refractivity contribution in [2.24, 2.45) is 0 Å². The van der Waals surface area contributed by atoms with E-state index in [9.17, 15) is 0 Å². The summed E-state index contributed by atoms with van der Waals surface area (Å²) in [7, 11) is 0. The maximum atomic E-state index is 3.67. The number of benzene rings is 2. The van der Waals surface area contributed by atoms with E-state index < -0.39 is 0 Å². The molecule has 0 radical (unpaired) electrons. The molecular weight excluding hydrogens is 310 g/mol. The third kappa shape index (κ3) is 3.94. The summed E-state index contributed by atoms with van der Waals surface area (Å²) in [5, 5.41) is 3.67. The zero-order valence-electron chi connectivity index (χ0n) is 12.6. The first-order chi connectivity index (χ1) is 9.45. The molecule has 2 unspecified atom stereocenters. The zero-order valence-corrected chi connectivity index (χ0v) is 14.2. The number of nitrogens with one attached hydrogen (secondary N) is 1. The molecule has 2 rings (SSSR count). The molecular formula is C18H22BrN. The third-order valence-electron chi connectivity index (χ3n) is 3.59. The van der Waals surface area contributed by atoms with Crippen molar-refractivity contribution in [2.45, 2.75) is 39.8 Å². The van der Waals surface area contributed by atoms with Crippen LogP contribution in [0.1, 0.15) is 48.2 Å². The van der Waals surface area contributed by atoms with Crippen LogP contribution >= 0.6 is 15.9 Å². The van der Waals surface area contributed by atoms with Gasteiger partial charge in [-0.05, 0) is 51.0 Å². The molecule has 0 amide bonds. The van der Waals surface area contributed by atoms with Crippen molar-refractivity contribution >= 4 is 15.9 Å². The normalized spacial score (nSPS) is 14.1. The summed E-state index contributed by atoms with van der Waals surface area (Å²) in [6.45, 7) is 8.74. The van der Waals surface area contributed by atoms with E-state index in [1.807, 2.05) is 0 Å². The van der Waals surface area contributed by atoms with Gasteiger partial charge in [-0.1, -0.05) is 57.4 Å². The van der Waals surface area contributed by atoms with Crippen LogP contribution in [0.4, 0.5) is 0 Å². The molecule has 20 heavy (non-hydrogen) atoms. The molecule has 0 saturated heterocycles. The molecule has 2 aromatic carbocycles. The molecule has 2 aromatic rings. The van der Waals surface area contributed by atoms with E-state index in [1.54, 1.807) is 0 Å². The second-order valence-corrected chi connectivity index (χ2v) is 6.50. The Morgan fingerprint density at radius 1 is 0.850 bits per heavy atom. The first-order valence-electron chi connectivity index (χ1n) is 7.05. The van der Waals surface area contributed by atoms with Crippen molar-refractivity contribution in [2.75, 3.05) is 0 Å². The van der Waals surface area contributed by atoms with Gasteiger partial charge >= 0.3 is 0 Å². The van der Waals surface area contributed by atoms with Crippen molar-refractivity contribution in [3.05, 3.63) is 69.2 Å². The Morgan fingerprint density at radius 2 is 1.45 bits per heavy atom. The number of hydrogen-bond acceptors (Lipinski definition) is 1. The van der Waals surface area contributed by atoms with E-state index in [-0.39, 0.29) is 0 Å². The molecule has 0 aliphatic rings. The van der Waals surface area contributed by atoms with E-state index in [2.05, 4.69) is 91.4 Å². The van der Waals surface area contributed by atoms with Crippen LogP contribution in [-0.2, 0) is 0 Å². The second-order valence-electron chi connectivity index (χ2n) is 5.59. The summed E-state index contributed by atoms with van der Waals surface area (Å²) >= 11 is 3.53. The average Bonchev–Trinajstić information content (AvgIpc) is 2.37. The smallest absolute Gasteiger partial charge is 0.0297 e.